The van der Waals surface area contributed by atoms with E-state index in [1.165, 1.54) is 0 Å². The van der Waals surface area contributed by atoms with Crippen LogP contribution in [0.5, 0.6) is 5.75 Å². The molecule has 0 atom stereocenters. The molecule has 0 bridgehead atoms. The van der Waals surface area contributed by atoms with E-state index >= 15 is 0 Å². The average molecular weight is 368 g/mol. The van der Waals surface area contributed by atoms with Crippen LogP contribution in [0.25, 0.3) is 21.5 Å². The molecule has 1 amide bonds. The number of fused-ring (bicyclic) bond motifs is 2. The Morgan fingerprint density at radius 2 is 1.54 bits per heavy atom. The lowest BCUT2D eigenvalue weighted by molar-refractivity contribution is 0.0956. The number of methoxy groups -OCH3 is 1. The highest BCUT2D eigenvalue weighted by molar-refractivity contribution is 6.09. The van der Waals surface area contributed by atoms with E-state index in [-0.39, 0.29) is 5.91 Å². The summed E-state index contributed by atoms with van der Waals surface area (Å²) in [6, 6.07) is 23.7. The summed E-state index contributed by atoms with van der Waals surface area (Å²) in [4.78, 5) is 12.8. The minimum atomic E-state index is -0.232. The number of hydrogen-bond acceptors (Lipinski definition) is 3. The van der Waals surface area contributed by atoms with Gasteiger partial charge in [0.15, 0.2) is 0 Å². The maximum absolute atomic E-state index is 12.8. The van der Waals surface area contributed by atoms with E-state index < -0.39 is 0 Å². The van der Waals surface area contributed by atoms with Crippen LogP contribution in [0, 0.1) is 6.92 Å². The van der Waals surface area contributed by atoms with Crippen LogP contribution >= 0.6 is 0 Å². The van der Waals surface area contributed by atoms with Gasteiger partial charge in [0, 0.05) is 5.56 Å². The molecule has 4 heteroatoms. The number of hydrogen-bond donors (Lipinski definition) is 1. The second kappa shape index (κ2) is 7.53. The minimum Gasteiger partial charge on any atom is -0.496 e. The van der Waals surface area contributed by atoms with Gasteiger partial charge in [-0.05, 0) is 40.1 Å². The monoisotopic (exact) mass is 368 g/mol. The summed E-state index contributed by atoms with van der Waals surface area (Å²) in [5, 5.41) is 8.26. The molecule has 1 N–H and O–H groups in total. The van der Waals surface area contributed by atoms with Gasteiger partial charge in [-0.2, -0.15) is 5.10 Å². The molecule has 0 aliphatic heterocycles. The van der Waals surface area contributed by atoms with E-state index in [0.29, 0.717) is 11.3 Å². The standard InChI is InChI=1S/C24H20N2O2/c1-16-11-12-18-8-4-6-10-20(18)23(16)24(27)26-25-15-21-19-9-5-3-7-17(19)13-14-22(21)28-2/h3-15H,1-2H3,(H,26,27)/b25-15-. The number of nitrogens with one attached hydrogen (secondary N) is 1. The first-order valence-electron chi connectivity index (χ1n) is 9.06. The predicted molar refractivity (Wildman–Crippen MR) is 114 cm³/mol. The molecule has 4 rings (SSSR count). The zero-order chi connectivity index (χ0) is 19.5. The van der Waals surface area contributed by atoms with Gasteiger partial charge < -0.3 is 4.74 Å². The number of benzene rings is 4. The topological polar surface area (TPSA) is 50.7 Å². The Hall–Kier alpha value is -3.66. The number of carbonyl (C=O) groups excluding carboxylic acids is 1. The van der Waals surface area contributed by atoms with Crippen LogP contribution in [0.15, 0.2) is 77.9 Å². The highest BCUT2D eigenvalue weighted by Gasteiger charge is 2.13. The number of carbonyl (C=O) groups is 1. The quantitative estimate of drug-likeness (QED) is 0.404. The van der Waals surface area contributed by atoms with Crippen molar-refractivity contribution in [3.8, 4) is 5.75 Å². The molecule has 0 saturated heterocycles. The van der Waals surface area contributed by atoms with Crippen molar-refractivity contribution in [2.45, 2.75) is 6.92 Å². The summed E-state index contributed by atoms with van der Waals surface area (Å²) in [6.07, 6.45) is 1.64. The molecule has 0 aliphatic rings. The normalized spacial score (nSPS) is 11.2. The first kappa shape index (κ1) is 17.7. The lowest BCUT2D eigenvalue weighted by Gasteiger charge is -2.10. The van der Waals surface area contributed by atoms with E-state index in [9.17, 15) is 4.79 Å². The van der Waals surface area contributed by atoms with Crippen molar-refractivity contribution in [2.24, 2.45) is 5.10 Å². The Morgan fingerprint density at radius 3 is 2.29 bits per heavy atom. The first-order chi connectivity index (χ1) is 13.7. The fourth-order valence-corrected chi connectivity index (χ4v) is 3.48. The van der Waals surface area contributed by atoms with Crippen molar-refractivity contribution >= 4 is 33.7 Å². The highest BCUT2D eigenvalue weighted by Crippen LogP contribution is 2.26. The Morgan fingerprint density at radius 1 is 0.893 bits per heavy atom. The zero-order valence-corrected chi connectivity index (χ0v) is 15.8. The zero-order valence-electron chi connectivity index (χ0n) is 15.8. The van der Waals surface area contributed by atoms with Gasteiger partial charge >= 0.3 is 0 Å². The lowest BCUT2D eigenvalue weighted by atomic mass is 9.99. The molecule has 0 spiro atoms. The molecule has 0 unspecified atom stereocenters. The molecule has 4 aromatic rings. The van der Waals surface area contributed by atoms with E-state index in [4.69, 9.17) is 4.74 Å². The molecule has 4 nitrogen and oxygen atoms in total. The van der Waals surface area contributed by atoms with E-state index in [0.717, 1.165) is 32.7 Å². The molecule has 4 aromatic carbocycles. The van der Waals surface area contributed by atoms with Gasteiger partial charge in [0.05, 0.1) is 18.9 Å². The Balaban J connectivity index is 1.68. The minimum absolute atomic E-state index is 0.232. The first-order valence-corrected chi connectivity index (χ1v) is 9.06. The Kier molecular flexibility index (Phi) is 4.77. The molecule has 0 saturated carbocycles. The van der Waals surface area contributed by atoms with Crippen molar-refractivity contribution in [1.82, 2.24) is 5.43 Å². The second-order valence-electron chi connectivity index (χ2n) is 6.58. The van der Waals surface area contributed by atoms with Gasteiger partial charge in [0.25, 0.3) is 5.91 Å². The summed E-state index contributed by atoms with van der Waals surface area (Å²) in [6.45, 7) is 1.93. The second-order valence-corrected chi connectivity index (χ2v) is 6.58. The molecular formula is C24H20N2O2. The third-order valence-electron chi connectivity index (χ3n) is 4.87. The van der Waals surface area contributed by atoms with Crippen LogP contribution in [0.3, 0.4) is 0 Å². The van der Waals surface area contributed by atoms with E-state index in [1.807, 2.05) is 79.7 Å². The molecule has 0 aromatic heterocycles. The van der Waals surface area contributed by atoms with Crippen molar-refractivity contribution in [1.29, 1.82) is 0 Å². The predicted octanol–water partition coefficient (Wildman–Crippen LogP) is 5.07. The number of aryl methyl sites for hydroxylation is 1. The van der Waals surface area contributed by atoms with Gasteiger partial charge in [-0.3, -0.25) is 4.79 Å². The summed E-state index contributed by atoms with van der Waals surface area (Å²) in [7, 11) is 1.62. The van der Waals surface area contributed by atoms with Gasteiger partial charge in [-0.15, -0.1) is 0 Å². The molecule has 0 heterocycles. The fourth-order valence-electron chi connectivity index (χ4n) is 3.48. The van der Waals surface area contributed by atoms with Crippen LogP contribution in [0.2, 0.25) is 0 Å². The third kappa shape index (κ3) is 3.21. The van der Waals surface area contributed by atoms with Crippen LogP contribution in [-0.4, -0.2) is 19.2 Å². The fraction of sp³-hybridized carbons (Fsp3) is 0.0833. The molecule has 0 radical (unpaired) electrons. The van der Waals surface area contributed by atoms with E-state index in [2.05, 4.69) is 10.5 Å². The highest BCUT2D eigenvalue weighted by atomic mass is 16.5. The number of nitrogens with zero attached hydrogens (tertiary/aromatic N) is 1. The smallest absolute Gasteiger partial charge is 0.272 e. The Bertz CT molecular complexity index is 1210. The van der Waals surface area contributed by atoms with Crippen LogP contribution < -0.4 is 10.2 Å². The van der Waals surface area contributed by atoms with Gasteiger partial charge in [-0.1, -0.05) is 66.7 Å². The van der Waals surface area contributed by atoms with Crippen molar-refractivity contribution in [3.05, 3.63) is 89.5 Å². The summed E-state index contributed by atoms with van der Waals surface area (Å²) in [5.41, 5.74) is 5.05. The van der Waals surface area contributed by atoms with Gasteiger partial charge in [0.2, 0.25) is 0 Å². The van der Waals surface area contributed by atoms with E-state index in [1.54, 1.807) is 13.3 Å². The number of rotatable bonds is 4. The van der Waals surface area contributed by atoms with Crippen LogP contribution in [0.4, 0.5) is 0 Å². The van der Waals surface area contributed by atoms with Crippen LogP contribution in [0.1, 0.15) is 21.5 Å². The molecule has 138 valence electrons. The van der Waals surface area contributed by atoms with Crippen molar-refractivity contribution < 1.29 is 9.53 Å². The van der Waals surface area contributed by atoms with Gasteiger partial charge in [-0.25, -0.2) is 5.43 Å². The largest absolute Gasteiger partial charge is 0.496 e. The number of amides is 1. The third-order valence-corrected chi connectivity index (χ3v) is 4.87. The molecular weight excluding hydrogens is 348 g/mol. The van der Waals surface area contributed by atoms with Crippen molar-refractivity contribution in [2.75, 3.05) is 7.11 Å². The van der Waals surface area contributed by atoms with Crippen molar-refractivity contribution in [3.63, 3.8) is 0 Å². The van der Waals surface area contributed by atoms with Crippen LogP contribution in [-0.2, 0) is 0 Å². The maximum atomic E-state index is 12.8. The van der Waals surface area contributed by atoms with Gasteiger partial charge in [0.1, 0.15) is 5.75 Å². The molecule has 28 heavy (non-hydrogen) atoms. The SMILES string of the molecule is COc1ccc2ccccc2c1/C=N\NC(=O)c1c(C)ccc2ccccc12. The molecule has 0 fully saturated rings. The maximum Gasteiger partial charge on any atom is 0.272 e. The summed E-state index contributed by atoms with van der Waals surface area (Å²) in [5.74, 6) is 0.475. The molecule has 0 aliphatic carbocycles. The lowest BCUT2D eigenvalue weighted by Crippen LogP contribution is -2.19. The average Bonchev–Trinajstić information content (AvgIpc) is 2.73. The number of hydrazone groups is 1. The Labute approximate surface area is 163 Å². The number of ether oxygens (including phenoxy) is 1. The summed E-state index contributed by atoms with van der Waals surface area (Å²) >= 11 is 0. The summed E-state index contributed by atoms with van der Waals surface area (Å²) < 4.78 is 5.47.